The van der Waals surface area contributed by atoms with Crippen LogP contribution in [0.2, 0.25) is 0 Å². The van der Waals surface area contributed by atoms with Gasteiger partial charge in [0.15, 0.2) is 0 Å². The number of aliphatic hydroxyl groups is 2. The fraction of sp³-hybridized carbons (Fsp3) is 0.714. The Hall–Kier alpha value is -1.76. The molecule has 0 spiro atoms. The summed E-state index contributed by atoms with van der Waals surface area (Å²) in [4.78, 5) is 17.6. The van der Waals surface area contributed by atoms with Gasteiger partial charge in [0.2, 0.25) is 0 Å². The SMILES string of the molecule is C=C1/C(=C\C=C2/CCC[C@]3(C)[C@@H]([C@H](C)CC[C@@H](OC(=O)C(C)C)C4(c5nc(C)cs5)CC4)CC[C@@H]23)C[C@@H](O)C[C@@H]1O. The molecule has 0 amide bonds. The maximum absolute atomic E-state index is 12.8. The molecule has 5 nitrogen and oxygen atoms in total. The number of aromatic nitrogens is 1. The molecule has 0 saturated heterocycles. The van der Waals surface area contributed by atoms with Crippen molar-refractivity contribution in [3.8, 4) is 0 Å². The molecule has 7 atom stereocenters. The first-order valence-corrected chi connectivity index (χ1v) is 16.9. The molecule has 6 heteroatoms. The molecule has 4 saturated carbocycles. The number of hydrogen-bond acceptors (Lipinski definition) is 6. The number of thiazole rings is 1. The minimum absolute atomic E-state index is 0.0908. The third-order valence-electron chi connectivity index (χ3n) is 11.1. The predicted octanol–water partition coefficient (Wildman–Crippen LogP) is 7.61. The first-order chi connectivity index (χ1) is 19.4. The van der Waals surface area contributed by atoms with Crippen LogP contribution in [0.5, 0.6) is 0 Å². The predicted molar refractivity (Wildman–Crippen MR) is 166 cm³/mol. The zero-order valence-electron chi connectivity index (χ0n) is 25.8. The molecule has 0 aromatic carbocycles. The summed E-state index contributed by atoms with van der Waals surface area (Å²) in [5, 5.41) is 23.7. The Balaban J connectivity index is 1.29. The molecule has 1 aromatic heterocycles. The van der Waals surface area contributed by atoms with E-state index in [4.69, 9.17) is 9.72 Å². The van der Waals surface area contributed by atoms with E-state index >= 15 is 0 Å². The van der Waals surface area contributed by atoms with Gasteiger partial charge < -0.3 is 14.9 Å². The van der Waals surface area contributed by atoms with Gasteiger partial charge in [-0.3, -0.25) is 4.79 Å². The number of rotatable bonds is 9. The van der Waals surface area contributed by atoms with Crippen molar-refractivity contribution in [1.29, 1.82) is 0 Å². The Morgan fingerprint density at radius 2 is 1.95 bits per heavy atom. The lowest BCUT2D eigenvalue weighted by molar-refractivity contribution is -0.155. The molecule has 2 N–H and O–H groups in total. The van der Waals surface area contributed by atoms with E-state index < -0.39 is 12.2 Å². The summed E-state index contributed by atoms with van der Waals surface area (Å²) < 4.78 is 6.25. The number of carbonyl (C=O) groups is 1. The number of hydrogen-bond donors (Lipinski definition) is 2. The third kappa shape index (κ3) is 6.17. The van der Waals surface area contributed by atoms with Gasteiger partial charge >= 0.3 is 5.97 Å². The second-order valence-corrected chi connectivity index (χ2v) is 15.1. The van der Waals surface area contributed by atoms with Crippen LogP contribution in [0.3, 0.4) is 0 Å². The number of carbonyl (C=O) groups excluding carboxylic acids is 1. The smallest absolute Gasteiger partial charge is 0.308 e. The first kappa shape index (κ1) is 30.7. The van der Waals surface area contributed by atoms with Gasteiger partial charge in [-0.25, -0.2) is 4.98 Å². The summed E-state index contributed by atoms with van der Waals surface area (Å²) in [6.45, 7) is 15.0. The maximum atomic E-state index is 12.8. The van der Waals surface area contributed by atoms with E-state index in [-0.39, 0.29) is 28.8 Å². The number of ether oxygens (including phenoxy) is 1. The largest absolute Gasteiger partial charge is 0.461 e. The van der Waals surface area contributed by atoms with E-state index in [1.54, 1.807) is 11.3 Å². The van der Waals surface area contributed by atoms with Gasteiger partial charge in [-0.2, -0.15) is 0 Å². The molecule has 4 aliphatic carbocycles. The highest BCUT2D eigenvalue weighted by Crippen LogP contribution is 2.60. The van der Waals surface area contributed by atoms with Gasteiger partial charge in [0.25, 0.3) is 0 Å². The zero-order valence-corrected chi connectivity index (χ0v) is 26.6. The summed E-state index contributed by atoms with van der Waals surface area (Å²) in [6, 6.07) is 0. The lowest BCUT2D eigenvalue weighted by atomic mass is 9.60. The summed E-state index contributed by atoms with van der Waals surface area (Å²) in [7, 11) is 0. The number of esters is 1. The molecular formula is C35H51NO4S. The minimum atomic E-state index is -0.644. The maximum Gasteiger partial charge on any atom is 0.308 e. The Labute approximate surface area is 251 Å². The zero-order chi connectivity index (χ0) is 29.5. The number of aliphatic hydroxyl groups excluding tert-OH is 2. The van der Waals surface area contributed by atoms with E-state index in [0.29, 0.717) is 30.6 Å². The molecular weight excluding hydrogens is 530 g/mol. The lowest BCUT2D eigenvalue weighted by Crippen LogP contribution is -2.37. The quantitative estimate of drug-likeness (QED) is 0.294. The van der Waals surface area contributed by atoms with Crippen LogP contribution in [0.1, 0.15) is 109 Å². The molecule has 0 aliphatic heterocycles. The van der Waals surface area contributed by atoms with Crippen LogP contribution >= 0.6 is 11.3 Å². The van der Waals surface area contributed by atoms with E-state index in [9.17, 15) is 15.0 Å². The molecule has 41 heavy (non-hydrogen) atoms. The van der Waals surface area contributed by atoms with Gasteiger partial charge in [0.05, 0.1) is 23.5 Å². The average molecular weight is 582 g/mol. The van der Waals surface area contributed by atoms with E-state index in [2.05, 4.69) is 38.0 Å². The molecule has 5 rings (SSSR count). The molecule has 4 aliphatic rings. The Morgan fingerprint density at radius 3 is 2.61 bits per heavy atom. The minimum Gasteiger partial charge on any atom is -0.461 e. The molecule has 1 aromatic rings. The highest BCUT2D eigenvalue weighted by molar-refractivity contribution is 7.09. The standard InChI is InChI=1S/C35H51NO4S/c1-21(2)32(39)40-31(35(16-17-35)33-36-23(4)20-41-33)14-9-22(3)28-12-13-29-25(8-7-15-34(28,29)6)10-11-26-18-27(37)19-30(38)24(26)5/h10-11,20-22,27-31,37-38H,5,7-9,12-19H2,1-4,6H3/b25-10+,26-11-/t22-,27-,28-,29+,30+,31-,34-/m1/s1. The fourth-order valence-corrected chi connectivity index (χ4v) is 9.51. The summed E-state index contributed by atoms with van der Waals surface area (Å²) in [5.41, 5.74) is 4.52. The monoisotopic (exact) mass is 581 g/mol. The third-order valence-corrected chi connectivity index (χ3v) is 12.2. The molecule has 1 heterocycles. The summed E-state index contributed by atoms with van der Waals surface area (Å²) in [5.74, 6) is 1.57. The van der Waals surface area contributed by atoms with Gasteiger partial charge in [0.1, 0.15) is 11.1 Å². The molecule has 226 valence electrons. The normalized spacial score (nSPS) is 34.6. The second kappa shape index (κ2) is 12.1. The summed E-state index contributed by atoms with van der Waals surface area (Å²) >= 11 is 1.73. The van der Waals surface area contributed by atoms with Crippen LogP contribution in [0.15, 0.2) is 40.8 Å². The average Bonchev–Trinajstić information content (AvgIpc) is 3.47. The van der Waals surface area contributed by atoms with Crippen molar-refractivity contribution in [3.05, 3.63) is 51.5 Å². The van der Waals surface area contributed by atoms with Crippen LogP contribution in [-0.4, -0.2) is 39.5 Å². The van der Waals surface area contributed by atoms with Crippen molar-refractivity contribution in [1.82, 2.24) is 4.98 Å². The number of aryl methyl sites for hydroxylation is 1. The van der Waals surface area contributed by atoms with E-state index in [1.807, 2.05) is 20.8 Å². The molecule has 4 fully saturated rings. The van der Waals surface area contributed by atoms with Crippen molar-refractivity contribution in [2.24, 2.45) is 29.1 Å². The van der Waals surface area contributed by atoms with Crippen molar-refractivity contribution in [3.63, 3.8) is 0 Å². The van der Waals surface area contributed by atoms with Gasteiger partial charge in [-0.1, -0.05) is 52.0 Å². The summed E-state index contributed by atoms with van der Waals surface area (Å²) in [6.07, 6.45) is 14.3. The fourth-order valence-electron chi connectivity index (χ4n) is 8.41. The van der Waals surface area contributed by atoms with Crippen molar-refractivity contribution in [2.45, 2.75) is 129 Å². The van der Waals surface area contributed by atoms with Crippen molar-refractivity contribution < 1.29 is 19.7 Å². The lowest BCUT2D eigenvalue weighted by Gasteiger charge is -2.44. The molecule has 0 unspecified atom stereocenters. The van der Waals surface area contributed by atoms with Crippen LogP contribution in [0.25, 0.3) is 0 Å². The molecule has 0 bridgehead atoms. The van der Waals surface area contributed by atoms with Crippen molar-refractivity contribution >= 4 is 17.3 Å². The van der Waals surface area contributed by atoms with Crippen molar-refractivity contribution in [2.75, 3.05) is 0 Å². The van der Waals surface area contributed by atoms with Gasteiger partial charge in [-0.15, -0.1) is 11.3 Å². The van der Waals surface area contributed by atoms with E-state index in [1.165, 1.54) is 31.3 Å². The second-order valence-electron chi connectivity index (χ2n) is 14.2. The Bertz CT molecular complexity index is 1190. The van der Waals surface area contributed by atoms with Crippen LogP contribution in [-0.2, 0) is 14.9 Å². The van der Waals surface area contributed by atoms with Crippen LogP contribution < -0.4 is 0 Å². The number of allylic oxidation sites excluding steroid dienone is 3. The number of nitrogens with zero attached hydrogens (tertiary/aromatic N) is 1. The highest BCUT2D eigenvalue weighted by atomic mass is 32.1. The van der Waals surface area contributed by atoms with Gasteiger partial charge in [0, 0.05) is 17.5 Å². The van der Waals surface area contributed by atoms with E-state index in [0.717, 1.165) is 54.0 Å². The van der Waals surface area contributed by atoms with Crippen LogP contribution in [0.4, 0.5) is 0 Å². The highest BCUT2D eigenvalue weighted by Gasteiger charge is 2.56. The Kier molecular flexibility index (Phi) is 9.05. The first-order valence-electron chi connectivity index (χ1n) is 16.0. The topological polar surface area (TPSA) is 79.7 Å². The van der Waals surface area contributed by atoms with Gasteiger partial charge in [-0.05, 0) is 105 Å². The Morgan fingerprint density at radius 1 is 1.20 bits per heavy atom. The van der Waals surface area contributed by atoms with Crippen LogP contribution in [0, 0.1) is 36.0 Å². The number of fused-ring (bicyclic) bond motifs is 1. The molecule has 0 radical (unpaired) electrons.